The van der Waals surface area contributed by atoms with Crippen molar-refractivity contribution < 1.29 is 27.4 Å². The summed E-state index contributed by atoms with van der Waals surface area (Å²) in [6.45, 7) is 2.38. The SMILES string of the molecule is COCCOc1cc2c(NCc3cc(N)cc(C(F)(F)F)n3)nc(C)nc2cc1OC. The summed E-state index contributed by atoms with van der Waals surface area (Å²) in [5.74, 6) is 1.84. The number of benzene rings is 1. The third-order valence-electron chi connectivity index (χ3n) is 4.27. The topological polar surface area (TPSA) is 104 Å². The first-order valence-corrected chi connectivity index (χ1v) is 9.27. The highest BCUT2D eigenvalue weighted by Crippen LogP contribution is 2.34. The molecule has 0 saturated carbocycles. The van der Waals surface area contributed by atoms with Crippen molar-refractivity contribution in [3.63, 3.8) is 0 Å². The van der Waals surface area contributed by atoms with Gasteiger partial charge < -0.3 is 25.3 Å². The molecule has 31 heavy (non-hydrogen) atoms. The van der Waals surface area contributed by atoms with Crippen LogP contribution in [0.4, 0.5) is 24.7 Å². The number of alkyl halides is 3. The van der Waals surface area contributed by atoms with Crippen LogP contribution in [0.2, 0.25) is 0 Å². The molecule has 0 aliphatic rings. The molecule has 0 atom stereocenters. The number of nitrogens with zero attached hydrogens (tertiary/aromatic N) is 3. The van der Waals surface area contributed by atoms with Gasteiger partial charge in [-0.15, -0.1) is 0 Å². The van der Waals surface area contributed by atoms with Crippen LogP contribution < -0.4 is 20.5 Å². The number of methoxy groups -OCH3 is 2. The van der Waals surface area contributed by atoms with Gasteiger partial charge in [0.1, 0.15) is 23.9 Å². The summed E-state index contributed by atoms with van der Waals surface area (Å²) in [6.07, 6.45) is -4.59. The molecule has 8 nitrogen and oxygen atoms in total. The van der Waals surface area contributed by atoms with E-state index in [0.717, 1.165) is 6.07 Å². The van der Waals surface area contributed by atoms with Crippen molar-refractivity contribution in [2.75, 3.05) is 38.5 Å². The van der Waals surface area contributed by atoms with Crippen LogP contribution >= 0.6 is 0 Å². The number of hydrogen-bond acceptors (Lipinski definition) is 8. The minimum atomic E-state index is -4.59. The molecule has 3 N–H and O–H groups in total. The van der Waals surface area contributed by atoms with Crippen LogP contribution in [0.15, 0.2) is 24.3 Å². The fraction of sp³-hybridized carbons (Fsp3) is 0.350. The van der Waals surface area contributed by atoms with Gasteiger partial charge in [-0.05, 0) is 25.1 Å². The van der Waals surface area contributed by atoms with Gasteiger partial charge >= 0.3 is 6.18 Å². The van der Waals surface area contributed by atoms with Crippen molar-refractivity contribution in [2.45, 2.75) is 19.6 Å². The van der Waals surface area contributed by atoms with E-state index in [1.54, 1.807) is 26.2 Å². The maximum atomic E-state index is 13.0. The molecule has 0 fully saturated rings. The van der Waals surface area contributed by atoms with Crippen molar-refractivity contribution in [1.29, 1.82) is 0 Å². The number of rotatable bonds is 8. The smallest absolute Gasteiger partial charge is 0.433 e. The molecule has 0 bridgehead atoms. The van der Waals surface area contributed by atoms with Gasteiger partial charge in [-0.2, -0.15) is 13.2 Å². The minimum Gasteiger partial charge on any atom is -0.493 e. The average Bonchev–Trinajstić information content (AvgIpc) is 2.70. The maximum Gasteiger partial charge on any atom is 0.433 e. The number of fused-ring (bicyclic) bond motifs is 1. The summed E-state index contributed by atoms with van der Waals surface area (Å²) in [6, 6.07) is 5.59. The van der Waals surface area contributed by atoms with Crippen molar-refractivity contribution in [1.82, 2.24) is 15.0 Å². The average molecular weight is 437 g/mol. The van der Waals surface area contributed by atoms with E-state index in [1.807, 2.05) is 0 Å². The number of hydrogen-bond donors (Lipinski definition) is 2. The van der Waals surface area contributed by atoms with Crippen molar-refractivity contribution in [3.05, 3.63) is 41.5 Å². The number of anilines is 2. The largest absolute Gasteiger partial charge is 0.493 e. The number of nitrogen functional groups attached to an aromatic ring is 1. The number of pyridine rings is 1. The molecule has 0 aliphatic heterocycles. The Morgan fingerprint density at radius 1 is 1.00 bits per heavy atom. The lowest BCUT2D eigenvalue weighted by Crippen LogP contribution is -2.13. The van der Waals surface area contributed by atoms with Crippen LogP contribution in [-0.2, 0) is 17.5 Å². The molecule has 1 aromatic carbocycles. The van der Waals surface area contributed by atoms with E-state index < -0.39 is 11.9 Å². The van der Waals surface area contributed by atoms with Crippen LogP contribution in [-0.4, -0.2) is 42.4 Å². The van der Waals surface area contributed by atoms with Gasteiger partial charge in [-0.1, -0.05) is 0 Å². The van der Waals surface area contributed by atoms with E-state index in [4.69, 9.17) is 19.9 Å². The van der Waals surface area contributed by atoms with Gasteiger partial charge in [0.15, 0.2) is 11.5 Å². The fourth-order valence-electron chi connectivity index (χ4n) is 2.92. The monoisotopic (exact) mass is 437 g/mol. The quantitative estimate of drug-likeness (QED) is 0.516. The van der Waals surface area contributed by atoms with Crippen LogP contribution in [0.25, 0.3) is 10.9 Å². The van der Waals surface area contributed by atoms with Crippen LogP contribution in [0.3, 0.4) is 0 Å². The highest BCUT2D eigenvalue weighted by atomic mass is 19.4. The summed E-state index contributed by atoms with van der Waals surface area (Å²) in [7, 11) is 3.08. The van der Waals surface area contributed by atoms with Gasteiger partial charge in [0.25, 0.3) is 0 Å². The maximum absolute atomic E-state index is 13.0. The van der Waals surface area contributed by atoms with Gasteiger partial charge in [0.05, 0.1) is 31.5 Å². The highest BCUT2D eigenvalue weighted by molar-refractivity contribution is 5.91. The van der Waals surface area contributed by atoms with E-state index in [-0.39, 0.29) is 17.9 Å². The molecular formula is C20H22F3N5O3. The first kappa shape index (κ1) is 22.3. The zero-order valence-corrected chi connectivity index (χ0v) is 17.2. The molecule has 2 aromatic heterocycles. The summed E-state index contributed by atoms with van der Waals surface area (Å²) in [5.41, 5.74) is 5.25. The molecule has 166 valence electrons. The van der Waals surface area contributed by atoms with E-state index in [2.05, 4.69) is 20.3 Å². The first-order chi connectivity index (χ1) is 14.7. The minimum absolute atomic E-state index is 0.0223. The number of halogens is 3. The van der Waals surface area contributed by atoms with Crippen molar-refractivity contribution in [3.8, 4) is 11.5 Å². The van der Waals surface area contributed by atoms with Crippen LogP contribution in [0.1, 0.15) is 17.2 Å². The Morgan fingerprint density at radius 3 is 2.45 bits per heavy atom. The second-order valence-corrected chi connectivity index (χ2v) is 6.61. The second-order valence-electron chi connectivity index (χ2n) is 6.61. The molecule has 3 aromatic rings. The molecule has 0 amide bonds. The molecular weight excluding hydrogens is 415 g/mol. The van der Waals surface area contributed by atoms with E-state index >= 15 is 0 Å². The Labute approximate surface area is 176 Å². The summed E-state index contributed by atoms with van der Waals surface area (Å²) in [5, 5.41) is 3.64. The lowest BCUT2D eigenvalue weighted by molar-refractivity contribution is -0.141. The normalized spacial score (nSPS) is 11.5. The summed E-state index contributed by atoms with van der Waals surface area (Å²) >= 11 is 0. The molecule has 0 radical (unpaired) electrons. The predicted molar refractivity (Wildman–Crippen MR) is 109 cm³/mol. The number of aryl methyl sites for hydroxylation is 1. The predicted octanol–water partition coefficient (Wildman–Crippen LogP) is 3.58. The zero-order valence-electron chi connectivity index (χ0n) is 17.2. The molecule has 0 spiro atoms. The molecule has 0 saturated heterocycles. The van der Waals surface area contributed by atoms with E-state index in [0.29, 0.717) is 47.3 Å². The third-order valence-corrected chi connectivity index (χ3v) is 4.27. The summed E-state index contributed by atoms with van der Waals surface area (Å²) in [4.78, 5) is 12.4. The molecule has 3 rings (SSSR count). The number of ether oxygens (including phenoxy) is 3. The number of nitrogens with two attached hydrogens (primary N) is 1. The molecule has 11 heteroatoms. The van der Waals surface area contributed by atoms with Gasteiger partial charge in [-0.3, -0.25) is 0 Å². The van der Waals surface area contributed by atoms with Crippen molar-refractivity contribution in [2.24, 2.45) is 0 Å². The van der Waals surface area contributed by atoms with Crippen LogP contribution in [0.5, 0.6) is 11.5 Å². The molecule has 0 unspecified atom stereocenters. The lowest BCUT2D eigenvalue weighted by Gasteiger charge is -2.15. The zero-order chi connectivity index (χ0) is 22.6. The van der Waals surface area contributed by atoms with Crippen molar-refractivity contribution >= 4 is 22.4 Å². The standard InChI is InChI=1S/C20H22F3N5O3/c1-11-26-15-9-16(30-3)17(31-5-4-29-2)8-14(15)19(27-11)25-10-13-6-12(24)7-18(28-13)20(21,22)23/h6-9H,4-5,10H2,1-3H3,(H2,24,28)(H,25,26,27). The van der Waals surface area contributed by atoms with E-state index in [9.17, 15) is 13.2 Å². The Morgan fingerprint density at radius 2 is 1.77 bits per heavy atom. The third kappa shape index (κ3) is 5.43. The summed E-state index contributed by atoms with van der Waals surface area (Å²) < 4.78 is 55.1. The number of aromatic nitrogens is 3. The Bertz CT molecular complexity index is 1080. The first-order valence-electron chi connectivity index (χ1n) is 9.27. The van der Waals surface area contributed by atoms with E-state index in [1.165, 1.54) is 13.2 Å². The second kappa shape index (κ2) is 9.21. The van der Waals surface area contributed by atoms with Gasteiger partial charge in [0.2, 0.25) is 0 Å². The van der Waals surface area contributed by atoms with Gasteiger partial charge in [0, 0.05) is 24.2 Å². The number of nitrogens with one attached hydrogen (secondary N) is 1. The fourth-order valence-corrected chi connectivity index (χ4v) is 2.92. The van der Waals surface area contributed by atoms with Crippen LogP contribution in [0, 0.1) is 6.92 Å². The van der Waals surface area contributed by atoms with Gasteiger partial charge in [-0.25, -0.2) is 15.0 Å². The molecule has 2 heterocycles. The Hall–Kier alpha value is -3.34. The Kier molecular flexibility index (Phi) is 6.64. The lowest BCUT2D eigenvalue weighted by atomic mass is 10.2. The molecule has 0 aliphatic carbocycles. The highest BCUT2D eigenvalue weighted by Gasteiger charge is 2.33. The Balaban J connectivity index is 1.94.